The Balaban J connectivity index is 3.15. The minimum Gasteiger partial charge on any atom is -0.193 e. The number of rotatable bonds is 1. The summed E-state index contributed by atoms with van der Waals surface area (Å²) in [5.74, 6) is 0. The van der Waals surface area contributed by atoms with E-state index in [-0.39, 0.29) is 0 Å². The van der Waals surface area contributed by atoms with E-state index in [0.29, 0.717) is 10.0 Å². The van der Waals surface area contributed by atoms with Crippen LogP contribution in [0.2, 0.25) is 10.0 Å². The van der Waals surface area contributed by atoms with Gasteiger partial charge in [0.1, 0.15) is 0 Å². The van der Waals surface area contributed by atoms with Crippen molar-refractivity contribution < 1.29 is 0 Å². The molecule has 0 spiro atoms. The predicted octanol–water partition coefficient (Wildman–Crippen LogP) is 3.84. The van der Waals surface area contributed by atoms with Gasteiger partial charge in [-0.05, 0) is 36.3 Å². The second-order valence-corrected chi connectivity index (χ2v) is 3.39. The van der Waals surface area contributed by atoms with Crippen molar-refractivity contribution in [3.05, 3.63) is 39.4 Å². The second-order valence-electron chi connectivity index (χ2n) is 2.57. The molecule has 66 valence electrons. The first kappa shape index (κ1) is 10.1. The van der Waals surface area contributed by atoms with Gasteiger partial charge in [-0.1, -0.05) is 23.2 Å². The monoisotopic (exact) mass is 211 g/mol. The number of hydrogen-bond donors (Lipinski definition) is 0. The fraction of sp³-hybridized carbons (Fsp3) is 0.100. The summed E-state index contributed by atoms with van der Waals surface area (Å²) in [6, 6.07) is 5.45. The van der Waals surface area contributed by atoms with Crippen LogP contribution in [0.5, 0.6) is 0 Å². The van der Waals surface area contributed by atoms with Crippen LogP contribution in [0.3, 0.4) is 0 Å². The smallest absolute Gasteiger partial charge is 0.0912 e. The van der Waals surface area contributed by atoms with Crippen molar-refractivity contribution in [3.63, 3.8) is 0 Å². The van der Waals surface area contributed by atoms with E-state index in [2.05, 4.69) is 0 Å². The molecule has 0 aliphatic carbocycles. The molecule has 0 radical (unpaired) electrons. The van der Waals surface area contributed by atoms with Gasteiger partial charge in [-0.2, -0.15) is 5.26 Å². The molecular weight excluding hydrogens is 205 g/mol. The lowest BCUT2D eigenvalue weighted by Gasteiger charge is -2.02. The van der Waals surface area contributed by atoms with E-state index in [0.717, 1.165) is 11.1 Å². The molecule has 1 rings (SSSR count). The molecule has 0 aliphatic rings. The average molecular weight is 212 g/mol. The van der Waals surface area contributed by atoms with Crippen LogP contribution in [0, 0.1) is 18.3 Å². The molecule has 3 heteroatoms. The average Bonchev–Trinajstić information content (AvgIpc) is 2.10. The van der Waals surface area contributed by atoms with Gasteiger partial charge in [0.25, 0.3) is 0 Å². The van der Waals surface area contributed by atoms with Gasteiger partial charge in [0, 0.05) is 16.1 Å². The maximum atomic E-state index is 8.32. The zero-order valence-electron chi connectivity index (χ0n) is 7.01. The van der Waals surface area contributed by atoms with Crippen molar-refractivity contribution in [3.8, 4) is 6.07 Å². The zero-order valence-corrected chi connectivity index (χ0v) is 8.52. The number of hydrogen-bond acceptors (Lipinski definition) is 1. The van der Waals surface area contributed by atoms with Gasteiger partial charge in [0.2, 0.25) is 0 Å². The molecule has 0 N–H and O–H groups in total. The number of benzene rings is 1. The maximum Gasteiger partial charge on any atom is 0.0912 e. The van der Waals surface area contributed by atoms with Gasteiger partial charge in [-0.15, -0.1) is 0 Å². The van der Waals surface area contributed by atoms with Crippen LogP contribution in [-0.2, 0) is 0 Å². The lowest BCUT2D eigenvalue weighted by Crippen LogP contribution is -1.80. The Morgan fingerprint density at radius 1 is 1.31 bits per heavy atom. The largest absolute Gasteiger partial charge is 0.193 e. The lowest BCUT2D eigenvalue weighted by atomic mass is 10.1. The van der Waals surface area contributed by atoms with Crippen LogP contribution in [-0.4, -0.2) is 0 Å². The summed E-state index contributed by atoms with van der Waals surface area (Å²) in [5.41, 5.74) is 1.69. The molecule has 0 aliphatic heterocycles. The van der Waals surface area contributed by atoms with Crippen molar-refractivity contribution >= 4 is 29.3 Å². The molecule has 1 aromatic rings. The number of nitrogens with zero attached hydrogens (tertiary/aromatic N) is 1. The highest BCUT2D eigenvalue weighted by Gasteiger charge is 2.01. The molecule has 1 aromatic carbocycles. The third kappa shape index (κ3) is 2.48. The number of halogens is 2. The Morgan fingerprint density at radius 2 is 1.85 bits per heavy atom. The normalized spacial score (nSPS) is 10.3. The molecular formula is C10H7Cl2N. The van der Waals surface area contributed by atoms with E-state index in [9.17, 15) is 0 Å². The molecule has 0 aromatic heterocycles. The van der Waals surface area contributed by atoms with Gasteiger partial charge in [0.15, 0.2) is 0 Å². The zero-order chi connectivity index (χ0) is 9.84. The second kappa shape index (κ2) is 4.32. The molecule has 0 fully saturated rings. The first-order chi connectivity index (χ1) is 6.15. The molecule has 0 bridgehead atoms. The topological polar surface area (TPSA) is 23.8 Å². The standard InChI is InChI=1S/C10H7Cl2N/c1-7-9(11)5-8(3-2-4-13)6-10(7)12/h2-3,5-6H,1H3/b3-2+. The Bertz CT molecular complexity index is 365. The highest BCUT2D eigenvalue weighted by molar-refractivity contribution is 6.36. The van der Waals surface area contributed by atoms with E-state index in [1.54, 1.807) is 18.2 Å². The fourth-order valence-electron chi connectivity index (χ4n) is 0.895. The highest BCUT2D eigenvalue weighted by Crippen LogP contribution is 2.25. The molecule has 13 heavy (non-hydrogen) atoms. The SMILES string of the molecule is Cc1c(Cl)cc(/C=C/C#N)cc1Cl. The summed E-state index contributed by atoms with van der Waals surface area (Å²) in [6.45, 7) is 1.85. The van der Waals surface area contributed by atoms with Gasteiger partial charge in [0.05, 0.1) is 6.07 Å². The molecule has 0 atom stereocenters. The van der Waals surface area contributed by atoms with Gasteiger partial charge in [-0.25, -0.2) is 0 Å². The molecule has 0 unspecified atom stereocenters. The number of allylic oxidation sites excluding steroid dienone is 1. The van der Waals surface area contributed by atoms with E-state index in [4.69, 9.17) is 28.5 Å². The van der Waals surface area contributed by atoms with Crippen molar-refractivity contribution in [2.24, 2.45) is 0 Å². The van der Waals surface area contributed by atoms with E-state index in [1.165, 1.54) is 6.08 Å². The summed E-state index contributed by atoms with van der Waals surface area (Å²) >= 11 is 11.8. The molecule has 0 saturated heterocycles. The lowest BCUT2D eigenvalue weighted by molar-refractivity contribution is 1.46. The third-order valence-electron chi connectivity index (χ3n) is 1.65. The Morgan fingerprint density at radius 3 is 2.31 bits per heavy atom. The van der Waals surface area contributed by atoms with E-state index >= 15 is 0 Å². The minimum atomic E-state index is 0.616. The Kier molecular flexibility index (Phi) is 3.36. The van der Waals surface area contributed by atoms with E-state index < -0.39 is 0 Å². The first-order valence-corrected chi connectivity index (χ1v) is 4.42. The van der Waals surface area contributed by atoms with Crippen LogP contribution in [0.25, 0.3) is 6.08 Å². The molecule has 0 saturated carbocycles. The summed E-state index contributed by atoms with van der Waals surface area (Å²) in [5, 5.41) is 9.55. The maximum absolute atomic E-state index is 8.32. The summed E-state index contributed by atoms with van der Waals surface area (Å²) < 4.78 is 0. The van der Waals surface area contributed by atoms with Gasteiger partial charge in [-0.3, -0.25) is 0 Å². The van der Waals surface area contributed by atoms with Crippen molar-refractivity contribution in [2.75, 3.05) is 0 Å². The number of nitriles is 1. The van der Waals surface area contributed by atoms with Crippen LogP contribution < -0.4 is 0 Å². The van der Waals surface area contributed by atoms with E-state index in [1.807, 2.05) is 13.0 Å². The Labute approximate surface area is 87.2 Å². The Hall–Kier alpha value is -0.970. The first-order valence-electron chi connectivity index (χ1n) is 3.67. The van der Waals surface area contributed by atoms with Gasteiger partial charge < -0.3 is 0 Å². The summed E-state index contributed by atoms with van der Waals surface area (Å²) in [4.78, 5) is 0. The predicted molar refractivity (Wildman–Crippen MR) is 55.8 cm³/mol. The fourth-order valence-corrected chi connectivity index (χ4v) is 1.40. The highest BCUT2D eigenvalue weighted by atomic mass is 35.5. The van der Waals surface area contributed by atoms with Crippen LogP contribution in [0.4, 0.5) is 0 Å². The molecule has 1 nitrogen and oxygen atoms in total. The van der Waals surface area contributed by atoms with Gasteiger partial charge >= 0.3 is 0 Å². The molecule has 0 amide bonds. The van der Waals surface area contributed by atoms with Crippen LogP contribution >= 0.6 is 23.2 Å². The molecule has 0 heterocycles. The van der Waals surface area contributed by atoms with Crippen molar-refractivity contribution in [2.45, 2.75) is 6.92 Å². The minimum absolute atomic E-state index is 0.616. The summed E-state index contributed by atoms with van der Waals surface area (Å²) in [7, 11) is 0. The van der Waals surface area contributed by atoms with Crippen LogP contribution in [0.15, 0.2) is 18.2 Å². The summed E-state index contributed by atoms with van der Waals surface area (Å²) in [6.07, 6.45) is 3.05. The van der Waals surface area contributed by atoms with Crippen molar-refractivity contribution in [1.82, 2.24) is 0 Å². The quantitative estimate of drug-likeness (QED) is 0.648. The van der Waals surface area contributed by atoms with Crippen LogP contribution in [0.1, 0.15) is 11.1 Å². The van der Waals surface area contributed by atoms with Crippen molar-refractivity contribution in [1.29, 1.82) is 5.26 Å². The third-order valence-corrected chi connectivity index (χ3v) is 2.44.